The number of nitrogens with zero attached hydrogens (tertiary/aromatic N) is 1. The number of hydrogen-bond acceptors (Lipinski definition) is 5. The summed E-state index contributed by atoms with van der Waals surface area (Å²) in [5, 5.41) is 12.0. The molecule has 1 aromatic heterocycles. The van der Waals surface area contributed by atoms with Crippen LogP contribution in [0.5, 0.6) is 5.75 Å². The Kier molecular flexibility index (Phi) is 4.34. The summed E-state index contributed by atoms with van der Waals surface area (Å²) in [5.41, 5.74) is -0.577. The fourth-order valence-electron chi connectivity index (χ4n) is 2.78. The predicted octanol–water partition coefficient (Wildman–Crippen LogP) is 3.52. The average molecular weight is 324 g/mol. The zero-order valence-corrected chi connectivity index (χ0v) is 13.0. The van der Waals surface area contributed by atoms with Crippen molar-refractivity contribution in [2.75, 3.05) is 5.32 Å². The number of furan rings is 1. The van der Waals surface area contributed by atoms with Gasteiger partial charge in [-0.1, -0.05) is 18.9 Å². The third kappa shape index (κ3) is 3.15. The molecule has 6 heteroatoms. The Bertz CT molecular complexity index is 784. The minimum Gasteiger partial charge on any atom is -0.459 e. The van der Waals surface area contributed by atoms with Crippen molar-refractivity contribution in [3.8, 4) is 11.8 Å². The molecule has 1 aliphatic carbocycles. The van der Waals surface area contributed by atoms with Gasteiger partial charge < -0.3 is 14.5 Å². The van der Waals surface area contributed by atoms with Crippen LogP contribution in [0.1, 0.15) is 36.2 Å². The first-order chi connectivity index (χ1) is 11.6. The highest BCUT2D eigenvalue weighted by molar-refractivity contribution is 6.02. The molecule has 1 aliphatic rings. The van der Waals surface area contributed by atoms with Crippen molar-refractivity contribution in [1.82, 2.24) is 0 Å². The third-order valence-corrected chi connectivity index (χ3v) is 4.11. The molecule has 1 heterocycles. The zero-order chi connectivity index (χ0) is 17.0. The lowest BCUT2D eigenvalue weighted by molar-refractivity contribution is -0.142. The fraction of sp³-hybridized carbons (Fsp3) is 0.278. The minimum absolute atomic E-state index is 0.187. The quantitative estimate of drug-likeness (QED) is 0.686. The SMILES string of the molecule is N#CC1(C(=O)Oc2cccc(NC(=O)c3ccco3)c2)CCCC1. The first-order valence-corrected chi connectivity index (χ1v) is 7.71. The minimum atomic E-state index is -1.05. The highest BCUT2D eigenvalue weighted by Crippen LogP contribution is 2.39. The van der Waals surface area contributed by atoms with E-state index in [0.717, 1.165) is 12.8 Å². The van der Waals surface area contributed by atoms with Crippen LogP contribution in [0.2, 0.25) is 0 Å². The maximum atomic E-state index is 12.3. The lowest BCUT2D eigenvalue weighted by Crippen LogP contribution is -2.30. The van der Waals surface area contributed by atoms with E-state index in [2.05, 4.69) is 11.4 Å². The van der Waals surface area contributed by atoms with Crippen molar-refractivity contribution in [3.63, 3.8) is 0 Å². The zero-order valence-electron chi connectivity index (χ0n) is 13.0. The molecule has 0 atom stereocenters. The molecule has 3 rings (SSSR count). The Hall–Kier alpha value is -3.07. The Morgan fingerprint density at radius 3 is 2.67 bits per heavy atom. The van der Waals surface area contributed by atoms with Crippen LogP contribution in [-0.2, 0) is 4.79 Å². The van der Waals surface area contributed by atoms with Gasteiger partial charge >= 0.3 is 5.97 Å². The van der Waals surface area contributed by atoms with Crippen molar-refractivity contribution in [1.29, 1.82) is 5.26 Å². The van der Waals surface area contributed by atoms with Gasteiger partial charge in [-0.25, -0.2) is 4.79 Å². The maximum Gasteiger partial charge on any atom is 0.331 e. The van der Waals surface area contributed by atoms with Gasteiger partial charge in [0.15, 0.2) is 11.2 Å². The summed E-state index contributed by atoms with van der Waals surface area (Å²) in [6.45, 7) is 0. The van der Waals surface area contributed by atoms with Gasteiger partial charge in [-0.2, -0.15) is 5.26 Å². The molecule has 0 unspecified atom stereocenters. The molecule has 1 aromatic carbocycles. The lowest BCUT2D eigenvalue weighted by atomic mass is 9.88. The average Bonchev–Trinajstić information content (AvgIpc) is 3.27. The van der Waals surface area contributed by atoms with E-state index in [4.69, 9.17) is 9.15 Å². The van der Waals surface area contributed by atoms with Gasteiger partial charge in [-0.3, -0.25) is 4.79 Å². The number of nitrogens with one attached hydrogen (secondary N) is 1. The summed E-state index contributed by atoms with van der Waals surface area (Å²) in [7, 11) is 0. The summed E-state index contributed by atoms with van der Waals surface area (Å²) >= 11 is 0. The second-order valence-corrected chi connectivity index (χ2v) is 5.75. The molecule has 1 fully saturated rings. The molecule has 1 N–H and O–H groups in total. The molecule has 0 bridgehead atoms. The van der Waals surface area contributed by atoms with Gasteiger partial charge in [-0.15, -0.1) is 0 Å². The number of carbonyl (C=O) groups excluding carboxylic acids is 2. The predicted molar refractivity (Wildman–Crippen MR) is 85.3 cm³/mol. The molecule has 0 saturated heterocycles. The molecule has 1 saturated carbocycles. The Balaban J connectivity index is 1.70. The van der Waals surface area contributed by atoms with Crippen LogP contribution in [0.3, 0.4) is 0 Å². The molecule has 2 aromatic rings. The van der Waals surface area contributed by atoms with Crippen LogP contribution in [0.15, 0.2) is 47.1 Å². The smallest absolute Gasteiger partial charge is 0.331 e. The van der Waals surface area contributed by atoms with Crippen molar-refractivity contribution < 1.29 is 18.7 Å². The van der Waals surface area contributed by atoms with Crippen LogP contribution in [0.4, 0.5) is 5.69 Å². The van der Waals surface area contributed by atoms with E-state index in [0.29, 0.717) is 24.3 Å². The first-order valence-electron chi connectivity index (χ1n) is 7.71. The largest absolute Gasteiger partial charge is 0.459 e. The fourth-order valence-corrected chi connectivity index (χ4v) is 2.78. The van der Waals surface area contributed by atoms with Gasteiger partial charge in [0.1, 0.15) is 5.75 Å². The summed E-state index contributed by atoms with van der Waals surface area (Å²) in [6, 6.07) is 11.8. The number of nitriles is 1. The molecule has 24 heavy (non-hydrogen) atoms. The number of amides is 1. The molecule has 6 nitrogen and oxygen atoms in total. The van der Waals surface area contributed by atoms with Gasteiger partial charge in [0.2, 0.25) is 0 Å². The van der Waals surface area contributed by atoms with E-state index in [1.807, 2.05) is 0 Å². The van der Waals surface area contributed by atoms with E-state index >= 15 is 0 Å². The maximum absolute atomic E-state index is 12.3. The standard InChI is InChI=1S/C18H16N2O4/c19-12-18(8-1-2-9-18)17(22)24-14-6-3-5-13(11-14)20-16(21)15-7-4-10-23-15/h3-7,10-11H,1-2,8-9H2,(H,20,21). The Morgan fingerprint density at radius 1 is 1.21 bits per heavy atom. The number of ether oxygens (including phenoxy) is 1. The van der Waals surface area contributed by atoms with Crippen molar-refractivity contribution >= 4 is 17.6 Å². The number of anilines is 1. The number of hydrogen-bond donors (Lipinski definition) is 1. The molecular weight excluding hydrogens is 308 g/mol. The summed E-state index contributed by atoms with van der Waals surface area (Å²) in [4.78, 5) is 24.3. The van der Waals surface area contributed by atoms with Crippen molar-refractivity contribution in [3.05, 3.63) is 48.4 Å². The number of carbonyl (C=O) groups is 2. The van der Waals surface area contributed by atoms with E-state index in [1.54, 1.807) is 36.4 Å². The number of benzene rings is 1. The van der Waals surface area contributed by atoms with Crippen molar-refractivity contribution in [2.24, 2.45) is 5.41 Å². The van der Waals surface area contributed by atoms with E-state index in [9.17, 15) is 14.9 Å². The van der Waals surface area contributed by atoms with E-state index < -0.39 is 17.3 Å². The summed E-state index contributed by atoms with van der Waals surface area (Å²) < 4.78 is 10.4. The first kappa shape index (κ1) is 15.8. The van der Waals surface area contributed by atoms with Gasteiger partial charge in [0.25, 0.3) is 5.91 Å². The highest BCUT2D eigenvalue weighted by atomic mass is 16.5. The van der Waals surface area contributed by atoms with Crippen LogP contribution in [0, 0.1) is 16.7 Å². The van der Waals surface area contributed by atoms with Crippen LogP contribution >= 0.6 is 0 Å². The van der Waals surface area contributed by atoms with Gasteiger partial charge in [0, 0.05) is 11.8 Å². The Labute approximate surface area is 139 Å². The van der Waals surface area contributed by atoms with Crippen LogP contribution in [-0.4, -0.2) is 11.9 Å². The monoisotopic (exact) mass is 324 g/mol. The molecule has 0 radical (unpaired) electrons. The van der Waals surface area contributed by atoms with Crippen LogP contribution in [0.25, 0.3) is 0 Å². The Morgan fingerprint density at radius 2 is 2.00 bits per heavy atom. The second kappa shape index (κ2) is 6.59. The van der Waals surface area contributed by atoms with Gasteiger partial charge in [-0.05, 0) is 37.1 Å². The summed E-state index contributed by atoms with van der Waals surface area (Å²) in [5.74, 6) is -0.449. The van der Waals surface area contributed by atoms with E-state index in [1.165, 1.54) is 6.26 Å². The third-order valence-electron chi connectivity index (χ3n) is 4.11. The number of rotatable bonds is 4. The van der Waals surface area contributed by atoms with Crippen molar-refractivity contribution in [2.45, 2.75) is 25.7 Å². The summed E-state index contributed by atoms with van der Waals surface area (Å²) in [6.07, 6.45) is 4.16. The molecular formula is C18H16N2O4. The second-order valence-electron chi connectivity index (χ2n) is 5.75. The topological polar surface area (TPSA) is 92.3 Å². The van der Waals surface area contributed by atoms with Gasteiger partial charge in [0.05, 0.1) is 12.3 Å². The molecule has 0 aliphatic heterocycles. The molecule has 0 spiro atoms. The van der Waals surface area contributed by atoms with Crippen LogP contribution < -0.4 is 10.1 Å². The normalized spacial score (nSPS) is 15.5. The molecule has 122 valence electrons. The number of esters is 1. The highest BCUT2D eigenvalue weighted by Gasteiger charge is 2.43. The lowest BCUT2D eigenvalue weighted by Gasteiger charge is -2.18. The molecule has 1 amide bonds. The van der Waals surface area contributed by atoms with E-state index in [-0.39, 0.29) is 5.76 Å².